The minimum Gasteiger partial charge on any atom is -0.469 e. The number of aliphatic imine (C=N–C) groups is 1. The van der Waals surface area contributed by atoms with Gasteiger partial charge in [0.25, 0.3) is 0 Å². The number of furan rings is 1. The van der Waals surface area contributed by atoms with Gasteiger partial charge in [-0.2, -0.15) is 13.2 Å². The van der Waals surface area contributed by atoms with Gasteiger partial charge in [0.05, 0.1) is 12.8 Å². The van der Waals surface area contributed by atoms with E-state index in [2.05, 4.69) is 22.5 Å². The summed E-state index contributed by atoms with van der Waals surface area (Å²) in [6, 6.07) is 3.82. The number of rotatable bonds is 9. The van der Waals surface area contributed by atoms with Crippen LogP contribution in [-0.2, 0) is 6.42 Å². The van der Waals surface area contributed by atoms with Crippen molar-refractivity contribution in [3.8, 4) is 0 Å². The van der Waals surface area contributed by atoms with E-state index in [-0.39, 0.29) is 0 Å². The molecule has 0 amide bonds. The van der Waals surface area contributed by atoms with Crippen LogP contribution in [-0.4, -0.2) is 56.3 Å². The highest BCUT2D eigenvalue weighted by atomic mass is 19.4. The summed E-state index contributed by atoms with van der Waals surface area (Å²) in [6.07, 6.45) is 1.93. The van der Waals surface area contributed by atoms with Crippen LogP contribution in [0.25, 0.3) is 0 Å². The molecule has 0 bridgehead atoms. The first-order valence-electron chi connectivity index (χ1n) is 9.80. The molecule has 8 heteroatoms. The van der Waals surface area contributed by atoms with Crippen LogP contribution in [0.5, 0.6) is 0 Å². The van der Waals surface area contributed by atoms with E-state index >= 15 is 0 Å². The first-order chi connectivity index (χ1) is 13.0. The zero-order chi connectivity index (χ0) is 19.5. The summed E-state index contributed by atoms with van der Waals surface area (Å²) in [7, 11) is 0. The SMILES string of the molecule is CCCN=C(NCCc1ccco1)NCCC1CCN(CC(F)(F)F)CC1. The van der Waals surface area contributed by atoms with E-state index in [0.717, 1.165) is 63.5 Å². The van der Waals surface area contributed by atoms with Crippen molar-refractivity contribution in [1.82, 2.24) is 15.5 Å². The van der Waals surface area contributed by atoms with E-state index in [1.165, 1.54) is 4.90 Å². The highest BCUT2D eigenvalue weighted by Gasteiger charge is 2.32. The fourth-order valence-electron chi connectivity index (χ4n) is 3.24. The molecular formula is C19H31F3N4O. The average molecular weight is 388 g/mol. The molecule has 0 spiro atoms. The van der Waals surface area contributed by atoms with E-state index in [4.69, 9.17) is 4.42 Å². The monoisotopic (exact) mass is 388 g/mol. The number of nitrogens with zero attached hydrogens (tertiary/aromatic N) is 2. The lowest BCUT2D eigenvalue weighted by atomic mass is 9.93. The Labute approximate surface area is 159 Å². The second kappa shape index (κ2) is 11.2. The summed E-state index contributed by atoms with van der Waals surface area (Å²) >= 11 is 0. The van der Waals surface area contributed by atoms with Gasteiger partial charge in [0.15, 0.2) is 5.96 Å². The van der Waals surface area contributed by atoms with Gasteiger partial charge in [0.2, 0.25) is 0 Å². The van der Waals surface area contributed by atoms with Gasteiger partial charge in [0, 0.05) is 26.1 Å². The molecule has 0 aromatic carbocycles. The Morgan fingerprint density at radius 1 is 1.26 bits per heavy atom. The number of piperidine rings is 1. The maximum atomic E-state index is 12.4. The molecular weight excluding hydrogens is 357 g/mol. The number of likely N-dealkylation sites (tertiary alicyclic amines) is 1. The van der Waals surface area contributed by atoms with Gasteiger partial charge in [0.1, 0.15) is 5.76 Å². The minimum absolute atomic E-state index is 0.470. The molecule has 5 nitrogen and oxygen atoms in total. The Kier molecular flexibility index (Phi) is 8.97. The van der Waals surface area contributed by atoms with Crippen molar-refractivity contribution in [3.05, 3.63) is 24.2 Å². The van der Waals surface area contributed by atoms with Crippen LogP contribution < -0.4 is 10.6 Å². The number of hydrogen-bond donors (Lipinski definition) is 2. The predicted molar refractivity (Wildman–Crippen MR) is 101 cm³/mol. The zero-order valence-electron chi connectivity index (χ0n) is 16.0. The van der Waals surface area contributed by atoms with Crippen molar-refractivity contribution in [3.63, 3.8) is 0 Å². The number of hydrogen-bond acceptors (Lipinski definition) is 3. The van der Waals surface area contributed by atoms with E-state index in [1.54, 1.807) is 6.26 Å². The standard InChI is InChI=1S/C19H31F3N4O/c1-2-9-23-18(25-11-6-17-4-3-14-27-17)24-10-5-16-7-12-26(13-8-16)15-19(20,21)22/h3-4,14,16H,2,5-13,15H2,1H3,(H2,23,24,25). The number of nitrogens with one attached hydrogen (secondary N) is 2. The molecule has 0 atom stereocenters. The van der Waals surface area contributed by atoms with Crippen molar-refractivity contribution in [1.29, 1.82) is 0 Å². The van der Waals surface area contributed by atoms with Crippen LogP contribution in [0.2, 0.25) is 0 Å². The second-order valence-electron chi connectivity index (χ2n) is 7.04. The first-order valence-corrected chi connectivity index (χ1v) is 9.80. The van der Waals surface area contributed by atoms with Crippen LogP contribution in [0.3, 0.4) is 0 Å². The minimum atomic E-state index is -4.10. The topological polar surface area (TPSA) is 52.8 Å². The Morgan fingerprint density at radius 2 is 2.00 bits per heavy atom. The fraction of sp³-hybridized carbons (Fsp3) is 0.737. The van der Waals surface area contributed by atoms with E-state index < -0.39 is 12.7 Å². The molecule has 0 radical (unpaired) electrons. The zero-order valence-corrected chi connectivity index (χ0v) is 16.0. The Hall–Kier alpha value is -1.70. The van der Waals surface area contributed by atoms with Crippen LogP contribution in [0.4, 0.5) is 13.2 Å². The van der Waals surface area contributed by atoms with Gasteiger partial charge in [-0.15, -0.1) is 0 Å². The summed E-state index contributed by atoms with van der Waals surface area (Å²) < 4.78 is 42.7. The van der Waals surface area contributed by atoms with Gasteiger partial charge in [-0.25, -0.2) is 0 Å². The molecule has 0 aliphatic carbocycles. The lowest BCUT2D eigenvalue weighted by Gasteiger charge is -2.32. The molecule has 1 fully saturated rings. The van der Waals surface area contributed by atoms with Gasteiger partial charge in [-0.1, -0.05) is 6.92 Å². The molecule has 2 heterocycles. The quantitative estimate of drug-likeness (QED) is 0.503. The molecule has 154 valence electrons. The van der Waals surface area contributed by atoms with E-state index in [9.17, 15) is 13.2 Å². The Balaban J connectivity index is 1.64. The molecule has 1 aromatic heterocycles. The van der Waals surface area contributed by atoms with Gasteiger partial charge >= 0.3 is 6.18 Å². The number of guanidine groups is 1. The summed E-state index contributed by atoms with van der Waals surface area (Å²) in [5.74, 6) is 2.19. The number of alkyl halides is 3. The van der Waals surface area contributed by atoms with Crippen molar-refractivity contribution in [2.24, 2.45) is 10.9 Å². The molecule has 2 N–H and O–H groups in total. The molecule has 0 saturated carbocycles. The summed E-state index contributed by atoms with van der Waals surface area (Å²) in [5.41, 5.74) is 0. The Bertz CT molecular complexity index is 538. The molecule has 0 unspecified atom stereocenters. The lowest BCUT2D eigenvalue weighted by molar-refractivity contribution is -0.148. The van der Waals surface area contributed by atoms with Crippen LogP contribution in [0.1, 0.15) is 38.4 Å². The van der Waals surface area contributed by atoms with Crippen molar-refractivity contribution < 1.29 is 17.6 Å². The van der Waals surface area contributed by atoms with Crippen LogP contribution in [0.15, 0.2) is 27.8 Å². The normalized spacial score (nSPS) is 17.3. The third kappa shape index (κ3) is 9.17. The van der Waals surface area contributed by atoms with Crippen LogP contribution >= 0.6 is 0 Å². The highest BCUT2D eigenvalue weighted by Crippen LogP contribution is 2.23. The average Bonchev–Trinajstić information content (AvgIpc) is 3.13. The summed E-state index contributed by atoms with van der Waals surface area (Å²) in [4.78, 5) is 6.03. The van der Waals surface area contributed by atoms with E-state index in [0.29, 0.717) is 19.0 Å². The van der Waals surface area contributed by atoms with Crippen molar-refractivity contribution in [2.75, 3.05) is 39.3 Å². The predicted octanol–water partition coefficient (Wildman–Crippen LogP) is 3.43. The van der Waals surface area contributed by atoms with Crippen molar-refractivity contribution >= 4 is 5.96 Å². The number of halogens is 3. The smallest absolute Gasteiger partial charge is 0.401 e. The summed E-state index contributed by atoms with van der Waals surface area (Å²) in [6.45, 7) is 4.62. The lowest BCUT2D eigenvalue weighted by Crippen LogP contribution is -2.42. The molecule has 27 heavy (non-hydrogen) atoms. The maximum absolute atomic E-state index is 12.4. The molecule has 1 aliphatic rings. The van der Waals surface area contributed by atoms with Gasteiger partial charge < -0.3 is 15.1 Å². The Morgan fingerprint density at radius 3 is 2.63 bits per heavy atom. The van der Waals surface area contributed by atoms with Crippen molar-refractivity contribution in [2.45, 2.75) is 45.2 Å². The molecule has 1 aliphatic heterocycles. The largest absolute Gasteiger partial charge is 0.469 e. The van der Waals surface area contributed by atoms with Gasteiger partial charge in [-0.05, 0) is 56.8 Å². The maximum Gasteiger partial charge on any atom is 0.401 e. The molecule has 2 rings (SSSR count). The first kappa shape index (κ1) is 21.6. The third-order valence-electron chi connectivity index (χ3n) is 4.69. The van der Waals surface area contributed by atoms with Gasteiger partial charge in [-0.3, -0.25) is 9.89 Å². The molecule has 1 saturated heterocycles. The van der Waals surface area contributed by atoms with Crippen LogP contribution in [0, 0.1) is 5.92 Å². The third-order valence-corrected chi connectivity index (χ3v) is 4.69. The molecule has 1 aromatic rings. The van der Waals surface area contributed by atoms with E-state index in [1.807, 2.05) is 12.1 Å². The second-order valence-corrected chi connectivity index (χ2v) is 7.04. The fourth-order valence-corrected chi connectivity index (χ4v) is 3.24. The highest BCUT2D eigenvalue weighted by molar-refractivity contribution is 5.79. The summed E-state index contributed by atoms with van der Waals surface area (Å²) in [5, 5.41) is 6.66.